The fourth-order valence-electron chi connectivity index (χ4n) is 2.39. The van der Waals surface area contributed by atoms with Crippen LogP contribution in [-0.2, 0) is 13.0 Å². The molecule has 0 atom stereocenters. The number of hydrogen-bond donors (Lipinski definition) is 1. The van der Waals surface area contributed by atoms with E-state index >= 15 is 0 Å². The number of imidazole rings is 1. The van der Waals surface area contributed by atoms with Crippen LogP contribution in [0.3, 0.4) is 0 Å². The number of thiazole rings is 1. The fraction of sp³-hybridized carbons (Fsp3) is 0.333. The van der Waals surface area contributed by atoms with E-state index in [1.165, 1.54) is 5.69 Å². The molecule has 0 radical (unpaired) electrons. The molecular formula is C15H19N5S. The van der Waals surface area contributed by atoms with E-state index in [-0.39, 0.29) is 0 Å². The Hall–Kier alpha value is -1.92. The molecule has 0 saturated heterocycles. The number of anilines is 1. The summed E-state index contributed by atoms with van der Waals surface area (Å²) in [6.07, 6.45) is 4.84. The van der Waals surface area contributed by atoms with Crippen LogP contribution in [0, 0.1) is 0 Å². The van der Waals surface area contributed by atoms with Crippen molar-refractivity contribution in [1.82, 2.24) is 19.7 Å². The van der Waals surface area contributed by atoms with Gasteiger partial charge in [0.25, 0.3) is 0 Å². The summed E-state index contributed by atoms with van der Waals surface area (Å²) in [4.78, 5) is 12.4. The lowest BCUT2D eigenvalue weighted by atomic mass is 10.2. The van der Waals surface area contributed by atoms with Crippen molar-refractivity contribution in [3.63, 3.8) is 0 Å². The number of nitrogens with one attached hydrogen (secondary N) is 1. The lowest BCUT2D eigenvalue weighted by Crippen LogP contribution is -2.23. The fourth-order valence-corrected chi connectivity index (χ4v) is 3.12. The van der Waals surface area contributed by atoms with Crippen molar-refractivity contribution in [3.8, 4) is 0 Å². The molecule has 0 bridgehead atoms. The van der Waals surface area contributed by atoms with Crippen molar-refractivity contribution in [3.05, 3.63) is 47.4 Å². The SMILES string of the molecule is CNCc1c(N(C)CCc2ccccn2)nc2sccn12. The van der Waals surface area contributed by atoms with Gasteiger partial charge in [-0.2, -0.15) is 0 Å². The maximum absolute atomic E-state index is 4.75. The first-order valence-electron chi connectivity index (χ1n) is 6.99. The average molecular weight is 301 g/mol. The zero-order chi connectivity index (χ0) is 14.7. The quantitative estimate of drug-likeness (QED) is 0.758. The second-order valence-electron chi connectivity index (χ2n) is 4.96. The molecule has 0 spiro atoms. The second-order valence-corrected chi connectivity index (χ2v) is 5.83. The van der Waals surface area contributed by atoms with Gasteiger partial charge in [-0.15, -0.1) is 11.3 Å². The van der Waals surface area contributed by atoms with Gasteiger partial charge in [0.15, 0.2) is 10.8 Å². The molecule has 3 heterocycles. The van der Waals surface area contributed by atoms with Crippen molar-refractivity contribution >= 4 is 22.1 Å². The summed E-state index contributed by atoms with van der Waals surface area (Å²) in [6.45, 7) is 1.71. The maximum atomic E-state index is 4.75. The number of pyridine rings is 1. The lowest BCUT2D eigenvalue weighted by molar-refractivity contribution is 0.768. The number of fused-ring (bicyclic) bond motifs is 1. The van der Waals surface area contributed by atoms with E-state index in [4.69, 9.17) is 4.98 Å². The lowest BCUT2D eigenvalue weighted by Gasteiger charge is -2.18. The van der Waals surface area contributed by atoms with Gasteiger partial charge in [-0.1, -0.05) is 6.07 Å². The average Bonchev–Trinajstić information content (AvgIpc) is 3.09. The van der Waals surface area contributed by atoms with Gasteiger partial charge >= 0.3 is 0 Å². The summed E-state index contributed by atoms with van der Waals surface area (Å²) in [6, 6.07) is 6.04. The third kappa shape index (κ3) is 2.91. The van der Waals surface area contributed by atoms with Crippen LogP contribution >= 0.6 is 11.3 Å². The highest BCUT2D eigenvalue weighted by atomic mass is 32.1. The normalized spacial score (nSPS) is 11.1. The molecule has 0 aromatic carbocycles. The van der Waals surface area contributed by atoms with Gasteiger partial charge in [0.1, 0.15) is 0 Å². The largest absolute Gasteiger partial charge is 0.358 e. The standard InChI is InChI=1S/C15H19N5S/c1-16-11-13-14(18-15-20(13)9-10-21-15)19(2)8-6-12-5-3-4-7-17-12/h3-5,7,9-10,16H,6,8,11H2,1-2H3. The zero-order valence-electron chi connectivity index (χ0n) is 12.3. The van der Waals surface area contributed by atoms with Gasteiger partial charge in [-0.3, -0.25) is 9.38 Å². The van der Waals surface area contributed by atoms with E-state index in [2.05, 4.69) is 44.3 Å². The number of nitrogens with zero attached hydrogens (tertiary/aromatic N) is 4. The van der Waals surface area contributed by atoms with E-state index in [0.717, 1.165) is 36.0 Å². The molecule has 3 aromatic rings. The first-order valence-corrected chi connectivity index (χ1v) is 7.87. The van der Waals surface area contributed by atoms with Crippen LogP contribution in [0.4, 0.5) is 5.82 Å². The monoisotopic (exact) mass is 301 g/mol. The summed E-state index contributed by atoms with van der Waals surface area (Å²) in [5, 5.41) is 5.29. The van der Waals surface area contributed by atoms with E-state index < -0.39 is 0 Å². The summed E-state index contributed by atoms with van der Waals surface area (Å²) in [7, 11) is 4.05. The molecule has 0 aliphatic heterocycles. The number of aromatic nitrogens is 3. The smallest absolute Gasteiger partial charge is 0.195 e. The van der Waals surface area contributed by atoms with Crippen molar-refractivity contribution in [2.24, 2.45) is 0 Å². The van der Waals surface area contributed by atoms with Crippen molar-refractivity contribution in [2.45, 2.75) is 13.0 Å². The molecule has 0 unspecified atom stereocenters. The summed E-state index contributed by atoms with van der Waals surface area (Å²) < 4.78 is 2.16. The Labute approximate surface area is 128 Å². The van der Waals surface area contributed by atoms with Crippen LogP contribution < -0.4 is 10.2 Å². The summed E-state index contributed by atoms with van der Waals surface area (Å²) >= 11 is 1.67. The number of rotatable bonds is 6. The Morgan fingerprint density at radius 3 is 3.05 bits per heavy atom. The van der Waals surface area contributed by atoms with Crippen LogP contribution in [0.5, 0.6) is 0 Å². The molecule has 5 nitrogen and oxygen atoms in total. The van der Waals surface area contributed by atoms with Gasteiger partial charge in [0.2, 0.25) is 0 Å². The van der Waals surface area contributed by atoms with Gasteiger partial charge < -0.3 is 10.2 Å². The molecule has 0 amide bonds. The topological polar surface area (TPSA) is 45.5 Å². The Morgan fingerprint density at radius 2 is 2.29 bits per heavy atom. The van der Waals surface area contributed by atoms with E-state index in [9.17, 15) is 0 Å². The first-order chi connectivity index (χ1) is 10.3. The van der Waals surface area contributed by atoms with E-state index in [1.807, 2.05) is 25.4 Å². The molecule has 6 heteroatoms. The number of likely N-dealkylation sites (N-methyl/N-ethyl adjacent to an activating group) is 1. The molecular weight excluding hydrogens is 282 g/mol. The molecule has 0 aliphatic carbocycles. The van der Waals surface area contributed by atoms with E-state index in [1.54, 1.807) is 11.3 Å². The Bertz CT molecular complexity index is 703. The summed E-state index contributed by atoms with van der Waals surface area (Å²) in [5.41, 5.74) is 2.32. The molecule has 3 rings (SSSR count). The predicted octanol–water partition coefficient (Wildman–Crippen LogP) is 2.19. The van der Waals surface area contributed by atoms with Gasteiger partial charge in [-0.25, -0.2) is 4.98 Å². The summed E-state index contributed by atoms with van der Waals surface area (Å²) in [5.74, 6) is 1.05. The van der Waals surface area contributed by atoms with Crippen molar-refractivity contribution in [1.29, 1.82) is 0 Å². The van der Waals surface area contributed by atoms with Gasteiger partial charge in [-0.05, 0) is 19.2 Å². The predicted molar refractivity (Wildman–Crippen MR) is 87.0 cm³/mol. The molecule has 1 N–H and O–H groups in total. The van der Waals surface area contributed by atoms with Crippen LogP contribution in [0.15, 0.2) is 36.0 Å². The second kappa shape index (κ2) is 6.24. The number of hydrogen-bond acceptors (Lipinski definition) is 5. The highest BCUT2D eigenvalue weighted by Gasteiger charge is 2.15. The Balaban J connectivity index is 1.78. The van der Waals surface area contributed by atoms with Crippen LogP contribution in [0.1, 0.15) is 11.4 Å². The minimum absolute atomic E-state index is 0.807. The van der Waals surface area contributed by atoms with Gasteiger partial charge in [0.05, 0.1) is 5.69 Å². The first kappa shape index (κ1) is 14.0. The Kier molecular flexibility index (Phi) is 4.17. The molecule has 21 heavy (non-hydrogen) atoms. The van der Waals surface area contributed by atoms with Crippen LogP contribution in [0.25, 0.3) is 4.96 Å². The third-order valence-corrected chi connectivity index (χ3v) is 4.23. The molecule has 110 valence electrons. The molecule has 0 saturated carbocycles. The Morgan fingerprint density at radius 1 is 1.38 bits per heavy atom. The van der Waals surface area contributed by atoms with Gasteiger partial charge in [0, 0.05) is 50.0 Å². The molecule has 0 aliphatic rings. The zero-order valence-corrected chi connectivity index (χ0v) is 13.1. The van der Waals surface area contributed by atoms with E-state index in [0.29, 0.717) is 0 Å². The molecule has 3 aromatic heterocycles. The minimum Gasteiger partial charge on any atom is -0.358 e. The van der Waals surface area contributed by atoms with Crippen molar-refractivity contribution in [2.75, 3.05) is 25.5 Å². The molecule has 0 fully saturated rings. The van der Waals surface area contributed by atoms with Crippen LogP contribution in [0.2, 0.25) is 0 Å². The highest BCUT2D eigenvalue weighted by Crippen LogP contribution is 2.24. The third-order valence-electron chi connectivity index (χ3n) is 3.48. The highest BCUT2D eigenvalue weighted by molar-refractivity contribution is 7.15. The van der Waals surface area contributed by atoms with Crippen molar-refractivity contribution < 1.29 is 0 Å². The maximum Gasteiger partial charge on any atom is 0.195 e. The minimum atomic E-state index is 0.807. The van der Waals surface area contributed by atoms with Crippen LogP contribution in [-0.4, -0.2) is 35.0 Å².